The smallest absolute Gasteiger partial charge is 0.340 e. The maximum Gasteiger partial charge on any atom is 0.340 e. The standard InChI is InChI=1S/C13H19N3O3/c1-8-13(2,4-5-19-8)16-11-6-9(12(17)18-3)10(14)7-15-11/h6-8H,4-5,14H2,1-3H3,(H,15,16). The molecule has 0 amide bonds. The van der Waals surface area contributed by atoms with E-state index in [0.717, 1.165) is 6.42 Å². The number of carbonyl (C=O) groups is 1. The minimum atomic E-state index is -0.469. The van der Waals surface area contributed by atoms with Crippen molar-refractivity contribution in [3.8, 4) is 0 Å². The molecule has 6 heteroatoms. The summed E-state index contributed by atoms with van der Waals surface area (Å²) in [7, 11) is 1.32. The van der Waals surface area contributed by atoms with E-state index < -0.39 is 5.97 Å². The molecule has 0 radical (unpaired) electrons. The van der Waals surface area contributed by atoms with Gasteiger partial charge in [0.05, 0.1) is 36.2 Å². The Bertz CT molecular complexity index is 492. The maximum absolute atomic E-state index is 11.6. The van der Waals surface area contributed by atoms with E-state index in [0.29, 0.717) is 23.7 Å². The second-order valence-corrected chi connectivity index (χ2v) is 4.95. The first-order valence-corrected chi connectivity index (χ1v) is 6.20. The summed E-state index contributed by atoms with van der Waals surface area (Å²) < 4.78 is 10.2. The highest BCUT2D eigenvalue weighted by Crippen LogP contribution is 2.29. The number of carbonyl (C=O) groups excluding carboxylic acids is 1. The van der Waals surface area contributed by atoms with E-state index in [1.165, 1.54) is 13.3 Å². The van der Waals surface area contributed by atoms with Crippen molar-refractivity contribution in [3.05, 3.63) is 17.8 Å². The van der Waals surface area contributed by atoms with E-state index in [4.69, 9.17) is 10.5 Å². The number of nitrogens with zero attached hydrogens (tertiary/aromatic N) is 1. The van der Waals surface area contributed by atoms with Crippen LogP contribution in [0.15, 0.2) is 12.3 Å². The van der Waals surface area contributed by atoms with Crippen molar-refractivity contribution < 1.29 is 14.3 Å². The van der Waals surface area contributed by atoms with Crippen molar-refractivity contribution in [2.45, 2.75) is 31.9 Å². The number of esters is 1. The fourth-order valence-electron chi connectivity index (χ4n) is 2.11. The number of hydrogen-bond donors (Lipinski definition) is 2. The highest BCUT2D eigenvalue weighted by atomic mass is 16.5. The topological polar surface area (TPSA) is 86.5 Å². The Balaban J connectivity index is 2.24. The number of nitrogens with one attached hydrogen (secondary N) is 1. The number of methoxy groups -OCH3 is 1. The Labute approximate surface area is 112 Å². The first-order valence-electron chi connectivity index (χ1n) is 6.20. The van der Waals surface area contributed by atoms with Gasteiger partial charge in [-0.05, 0) is 26.3 Å². The van der Waals surface area contributed by atoms with Crippen LogP contribution in [0.3, 0.4) is 0 Å². The zero-order chi connectivity index (χ0) is 14.0. The lowest BCUT2D eigenvalue weighted by atomic mass is 9.94. The number of nitrogens with two attached hydrogens (primary N) is 1. The highest BCUT2D eigenvalue weighted by molar-refractivity contribution is 5.95. The van der Waals surface area contributed by atoms with Crippen LogP contribution >= 0.6 is 0 Å². The second kappa shape index (κ2) is 5.05. The SMILES string of the molecule is COC(=O)c1cc(NC2(C)CCOC2C)ncc1N. The van der Waals surface area contributed by atoms with E-state index in [1.54, 1.807) is 6.07 Å². The zero-order valence-electron chi connectivity index (χ0n) is 11.4. The minimum absolute atomic E-state index is 0.0772. The van der Waals surface area contributed by atoms with Gasteiger partial charge in [0.2, 0.25) is 0 Å². The van der Waals surface area contributed by atoms with Crippen molar-refractivity contribution in [1.29, 1.82) is 0 Å². The lowest BCUT2D eigenvalue weighted by Crippen LogP contribution is -2.41. The van der Waals surface area contributed by atoms with Crippen LogP contribution in [-0.4, -0.2) is 36.3 Å². The fraction of sp³-hybridized carbons (Fsp3) is 0.538. The number of pyridine rings is 1. The summed E-state index contributed by atoms with van der Waals surface area (Å²) in [6.07, 6.45) is 2.42. The molecule has 0 bridgehead atoms. The predicted octanol–water partition coefficient (Wildman–Crippen LogP) is 1.43. The summed E-state index contributed by atoms with van der Waals surface area (Å²) in [4.78, 5) is 15.8. The van der Waals surface area contributed by atoms with Crippen LogP contribution in [0.4, 0.5) is 11.5 Å². The lowest BCUT2D eigenvalue weighted by molar-refractivity contribution is 0.0602. The number of hydrogen-bond acceptors (Lipinski definition) is 6. The Morgan fingerprint density at radius 3 is 3.00 bits per heavy atom. The van der Waals surface area contributed by atoms with E-state index in [-0.39, 0.29) is 11.6 Å². The molecule has 0 aromatic carbocycles. The first-order chi connectivity index (χ1) is 8.96. The highest BCUT2D eigenvalue weighted by Gasteiger charge is 2.37. The number of rotatable bonds is 3. The van der Waals surface area contributed by atoms with E-state index in [2.05, 4.69) is 22.0 Å². The molecule has 1 aromatic heterocycles. The molecule has 6 nitrogen and oxygen atoms in total. The number of anilines is 2. The van der Waals surface area contributed by atoms with Crippen molar-refractivity contribution in [1.82, 2.24) is 4.98 Å². The van der Waals surface area contributed by atoms with Crippen molar-refractivity contribution in [2.75, 3.05) is 24.8 Å². The molecular formula is C13H19N3O3. The molecule has 2 rings (SSSR count). The normalized spacial score (nSPS) is 26.2. The second-order valence-electron chi connectivity index (χ2n) is 4.95. The number of nitrogen functional groups attached to an aromatic ring is 1. The van der Waals surface area contributed by atoms with Crippen LogP contribution in [-0.2, 0) is 9.47 Å². The number of ether oxygens (including phenoxy) is 2. The Hall–Kier alpha value is -1.82. The van der Waals surface area contributed by atoms with Gasteiger partial charge in [0, 0.05) is 6.61 Å². The molecular weight excluding hydrogens is 246 g/mol. The summed E-state index contributed by atoms with van der Waals surface area (Å²) in [6, 6.07) is 1.61. The molecule has 2 unspecified atom stereocenters. The van der Waals surface area contributed by atoms with Gasteiger partial charge in [-0.15, -0.1) is 0 Å². The molecule has 104 valence electrons. The predicted molar refractivity (Wildman–Crippen MR) is 72.0 cm³/mol. The maximum atomic E-state index is 11.6. The Morgan fingerprint density at radius 2 is 2.42 bits per heavy atom. The Morgan fingerprint density at radius 1 is 1.68 bits per heavy atom. The van der Waals surface area contributed by atoms with Gasteiger partial charge < -0.3 is 20.5 Å². The van der Waals surface area contributed by atoms with E-state index >= 15 is 0 Å². The summed E-state index contributed by atoms with van der Waals surface area (Å²) in [5, 5.41) is 3.31. The van der Waals surface area contributed by atoms with Gasteiger partial charge in [0.15, 0.2) is 0 Å². The Kier molecular flexibility index (Phi) is 3.61. The molecule has 2 atom stereocenters. The average Bonchev–Trinajstić information content (AvgIpc) is 2.71. The summed E-state index contributed by atoms with van der Waals surface area (Å²) >= 11 is 0. The van der Waals surface area contributed by atoms with Gasteiger partial charge in [0.1, 0.15) is 5.82 Å². The van der Waals surface area contributed by atoms with Gasteiger partial charge in [-0.2, -0.15) is 0 Å². The minimum Gasteiger partial charge on any atom is -0.465 e. The third-order valence-corrected chi connectivity index (χ3v) is 3.64. The molecule has 1 saturated heterocycles. The van der Waals surface area contributed by atoms with Crippen LogP contribution in [0.5, 0.6) is 0 Å². The molecule has 0 saturated carbocycles. The zero-order valence-corrected chi connectivity index (χ0v) is 11.4. The van der Waals surface area contributed by atoms with E-state index in [9.17, 15) is 4.79 Å². The van der Waals surface area contributed by atoms with Crippen LogP contribution in [0.1, 0.15) is 30.6 Å². The third kappa shape index (κ3) is 2.63. The van der Waals surface area contributed by atoms with E-state index in [1.807, 2.05) is 6.92 Å². The van der Waals surface area contributed by atoms with Crippen LogP contribution in [0, 0.1) is 0 Å². The lowest BCUT2D eigenvalue weighted by Gasteiger charge is -2.29. The molecule has 0 spiro atoms. The van der Waals surface area contributed by atoms with Crippen LogP contribution in [0.2, 0.25) is 0 Å². The molecule has 2 heterocycles. The summed E-state index contributed by atoms with van der Waals surface area (Å²) in [5.74, 6) is 0.123. The van der Waals surface area contributed by atoms with Crippen LogP contribution in [0.25, 0.3) is 0 Å². The average molecular weight is 265 g/mol. The quantitative estimate of drug-likeness (QED) is 0.804. The molecule has 1 fully saturated rings. The van der Waals surface area contributed by atoms with Gasteiger partial charge in [-0.1, -0.05) is 0 Å². The van der Waals surface area contributed by atoms with Crippen LogP contribution < -0.4 is 11.1 Å². The molecule has 0 aliphatic carbocycles. The van der Waals surface area contributed by atoms with Gasteiger partial charge in [-0.25, -0.2) is 9.78 Å². The number of aromatic nitrogens is 1. The molecule has 1 aliphatic heterocycles. The van der Waals surface area contributed by atoms with Gasteiger partial charge in [0.25, 0.3) is 0 Å². The fourth-order valence-corrected chi connectivity index (χ4v) is 2.11. The van der Waals surface area contributed by atoms with Crippen molar-refractivity contribution in [2.24, 2.45) is 0 Å². The summed E-state index contributed by atoms with van der Waals surface area (Å²) in [5.41, 5.74) is 6.14. The third-order valence-electron chi connectivity index (χ3n) is 3.64. The molecule has 19 heavy (non-hydrogen) atoms. The van der Waals surface area contributed by atoms with Crippen molar-refractivity contribution in [3.63, 3.8) is 0 Å². The summed E-state index contributed by atoms with van der Waals surface area (Å²) in [6.45, 7) is 4.79. The monoisotopic (exact) mass is 265 g/mol. The first kappa shape index (κ1) is 13.6. The largest absolute Gasteiger partial charge is 0.465 e. The molecule has 1 aromatic rings. The van der Waals surface area contributed by atoms with Crippen molar-refractivity contribution >= 4 is 17.5 Å². The molecule has 3 N–H and O–H groups in total. The van der Waals surface area contributed by atoms with Gasteiger partial charge >= 0.3 is 5.97 Å². The van der Waals surface area contributed by atoms with Gasteiger partial charge in [-0.3, -0.25) is 0 Å². The molecule has 1 aliphatic rings.